The van der Waals surface area contributed by atoms with Gasteiger partial charge >= 0.3 is 0 Å². The third kappa shape index (κ3) is 3.32. The largest absolute Gasteiger partial charge is 0.265 e. The van der Waals surface area contributed by atoms with Crippen molar-refractivity contribution in [3.8, 4) is 11.3 Å². The fourth-order valence-electron chi connectivity index (χ4n) is 1.86. The van der Waals surface area contributed by atoms with Crippen LogP contribution in [0, 0.1) is 0 Å². The molecule has 0 bridgehead atoms. The average Bonchev–Trinajstić information content (AvgIpc) is 3.03. The Labute approximate surface area is 127 Å². The molecule has 0 aliphatic rings. The Morgan fingerprint density at radius 3 is 2.62 bits per heavy atom. The summed E-state index contributed by atoms with van der Waals surface area (Å²) in [7, 11) is 0. The predicted molar refractivity (Wildman–Crippen MR) is 87.6 cm³/mol. The lowest BCUT2D eigenvalue weighted by molar-refractivity contribution is 1.26. The van der Waals surface area contributed by atoms with Crippen LogP contribution in [0.2, 0.25) is 0 Å². The number of nitrogens with one attached hydrogen (secondary N) is 1. The number of rotatable bonds is 4. The van der Waals surface area contributed by atoms with Gasteiger partial charge in [-0.2, -0.15) is 5.10 Å². The van der Waals surface area contributed by atoms with Crippen molar-refractivity contribution in [3.05, 3.63) is 65.8 Å². The summed E-state index contributed by atoms with van der Waals surface area (Å²) < 4.78 is 0. The summed E-state index contributed by atoms with van der Waals surface area (Å²) in [4.78, 5) is 8.53. The molecule has 0 saturated heterocycles. The lowest BCUT2D eigenvalue weighted by atomic mass is 10.2. The normalized spacial score (nSPS) is 11.4. The summed E-state index contributed by atoms with van der Waals surface area (Å²) in [5.41, 5.74) is 7.01. The SMILES string of the molecule is C/C(=N/Nc1nc(-c2ccccc2)cs1)c1ccncc1. The van der Waals surface area contributed by atoms with E-state index in [0.29, 0.717) is 0 Å². The van der Waals surface area contributed by atoms with E-state index < -0.39 is 0 Å². The minimum atomic E-state index is 0.780. The number of nitrogens with zero attached hydrogens (tertiary/aromatic N) is 3. The van der Waals surface area contributed by atoms with E-state index >= 15 is 0 Å². The first-order valence-corrected chi connectivity index (χ1v) is 7.42. The van der Waals surface area contributed by atoms with Crippen molar-refractivity contribution in [2.24, 2.45) is 5.10 Å². The smallest absolute Gasteiger partial charge is 0.203 e. The first-order chi connectivity index (χ1) is 10.3. The maximum Gasteiger partial charge on any atom is 0.203 e. The summed E-state index contributed by atoms with van der Waals surface area (Å²) in [6.07, 6.45) is 3.51. The molecule has 0 fully saturated rings. The summed E-state index contributed by atoms with van der Waals surface area (Å²) in [5, 5.41) is 7.16. The van der Waals surface area contributed by atoms with Crippen LogP contribution in [0.1, 0.15) is 12.5 Å². The van der Waals surface area contributed by atoms with Crippen molar-refractivity contribution in [3.63, 3.8) is 0 Å². The molecule has 0 saturated carbocycles. The van der Waals surface area contributed by atoms with E-state index in [1.807, 2.05) is 54.8 Å². The standard InChI is InChI=1S/C16H14N4S/c1-12(13-7-9-17-10-8-13)19-20-16-18-15(11-21-16)14-5-3-2-4-6-14/h2-11H,1H3,(H,18,20)/b19-12-. The van der Waals surface area contributed by atoms with Crippen LogP contribution in [0.4, 0.5) is 5.13 Å². The van der Waals surface area contributed by atoms with E-state index in [0.717, 1.165) is 27.7 Å². The van der Waals surface area contributed by atoms with E-state index in [9.17, 15) is 0 Å². The first kappa shape index (κ1) is 13.5. The lowest BCUT2D eigenvalue weighted by Crippen LogP contribution is -1.99. The van der Waals surface area contributed by atoms with Crippen LogP contribution < -0.4 is 5.43 Å². The van der Waals surface area contributed by atoms with Crippen molar-refractivity contribution in [2.45, 2.75) is 6.92 Å². The van der Waals surface area contributed by atoms with Gasteiger partial charge in [-0.3, -0.25) is 10.4 Å². The van der Waals surface area contributed by atoms with Crippen molar-refractivity contribution < 1.29 is 0 Å². The van der Waals surface area contributed by atoms with Crippen molar-refractivity contribution >= 4 is 22.2 Å². The highest BCUT2D eigenvalue weighted by Crippen LogP contribution is 2.24. The molecule has 0 aliphatic carbocycles. The molecule has 0 aliphatic heterocycles. The number of aromatic nitrogens is 2. The maximum atomic E-state index is 4.53. The van der Waals surface area contributed by atoms with Gasteiger partial charge < -0.3 is 0 Å². The van der Waals surface area contributed by atoms with Crippen LogP contribution in [0.3, 0.4) is 0 Å². The number of hydrogen-bond acceptors (Lipinski definition) is 5. The summed E-state index contributed by atoms with van der Waals surface area (Å²) >= 11 is 1.54. The molecule has 3 rings (SSSR count). The minimum absolute atomic E-state index is 0.780. The van der Waals surface area contributed by atoms with Gasteiger partial charge in [-0.25, -0.2) is 4.98 Å². The predicted octanol–water partition coefficient (Wildman–Crippen LogP) is 4.04. The second kappa shape index (κ2) is 6.28. The molecule has 0 radical (unpaired) electrons. The fourth-order valence-corrected chi connectivity index (χ4v) is 2.52. The molecule has 0 amide bonds. The van der Waals surface area contributed by atoms with Crippen molar-refractivity contribution in [1.29, 1.82) is 0 Å². The number of anilines is 1. The third-order valence-electron chi connectivity index (χ3n) is 2.99. The van der Waals surface area contributed by atoms with Gasteiger partial charge in [0.1, 0.15) is 0 Å². The van der Waals surface area contributed by atoms with Gasteiger partial charge in [-0.15, -0.1) is 11.3 Å². The van der Waals surface area contributed by atoms with Crippen LogP contribution in [-0.4, -0.2) is 15.7 Å². The molecule has 2 aromatic heterocycles. The Balaban J connectivity index is 1.73. The summed E-state index contributed by atoms with van der Waals surface area (Å²) in [6.45, 7) is 1.95. The van der Waals surface area contributed by atoms with Crippen molar-refractivity contribution in [2.75, 3.05) is 5.43 Å². The highest BCUT2D eigenvalue weighted by atomic mass is 32.1. The Bertz CT molecular complexity index is 735. The van der Waals surface area contributed by atoms with E-state index in [-0.39, 0.29) is 0 Å². The van der Waals surface area contributed by atoms with Crippen molar-refractivity contribution in [1.82, 2.24) is 9.97 Å². The zero-order valence-corrected chi connectivity index (χ0v) is 12.3. The second-order valence-electron chi connectivity index (χ2n) is 4.45. The monoisotopic (exact) mass is 294 g/mol. The second-order valence-corrected chi connectivity index (χ2v) is 5.31. The molecular formula is C16H14N4S. The zero-order valence-electron chi connectivity index (χ0n) is 11.5. The van der Waals surface area contributed by atoms with Crippen LogP contribution in [0.15, 0.2) is 65.3 Å². The molecule has 2 heterocycles. The Morgan fingerprint density at radius 1 is 1.10 bits per heavy atom. The zero-order chi connectivity index (χ0) is 14.5. The highest BCUT2D eigenvalue weighted by molar-refractivity contribution is 7.14. The number of hydrogen-bond donors (Lipinski definition) is 1. The number of benzene rings is 1. The fraction of sp³-hybridized carbons (Fsp3) is 0.0625. The van der Waals surface area contributed by atoms with E-state index in [4.69, 9.17) is 0 Å². The Morgan fingerprint density at radius 2 is 1.86 bits per heavy atom. The molecule has 4 nitrogen and oxygen atoms in total. The Hall–Kier alpha value is -2.53. The van der Waals surface area contributed by atoms with Gasteiger partial charge in [0, 0.05) is 28.9 Å². The van der Waals surface area contributed by atoms with Crippen LogP contribution in [0.5, 0.6) is 0 Å². The summed E-state index contributed by atoms with van der Waals surface area (Å²) in [5.74, 6) is 0. The molecule has 0 unspecified atom stereocenters. The first-order valence-electron chi connectivity index (χ1n) is 6.54. The third-order valence-corrected chi connectivity index (χ3v) is 3.74. The average molecular weight is 294 g/mol. The number of pyridine rings is 1. The topological polar surface area (TPSA) is 50.2 Å². The minimum Gasteiger partial charge on any atom is -0.265 e. The molecule has 1 N–H and O–H groups in total. The Kier molecular flexibility index (Phi) is 4.02. The van der Waals surface area contributed by atoms with E-state index in [2.05, 4.69) is 20.5 Å². The number of hydrazone groups is 1. The maximum absolute atomic E-state index is 4.53. The molecule has 0 atom stereocenters. The van der Waals surface area contributed by atoms with Gasteiger partial charge in [-0.05, 0) is 19.1 Å². The molecule has 0 spiro atoms. The molecule has 104 valence electrons. The van der Waals surface area contributed by atoms with Crippen LogP contribution >= 0.6 is 11.3 Å². The van der Waals surface area contributed by atoms with Gasteiger partial charge in [0.25, 0.3) is 0 Å². The molecule has 21 heavy (non-hydrogen) atoms. The highest BCUT2D eigenvalue weighted by Gasteiger charge is 2.03. The van der Waals surface area contributed by atoms with Gasteiger partial charge in [0.2, 0.25) is 5.13 Å². The number of thiazole rings is 1. The van der Waals surface area contributed by atoms with E-state index in [1.54, 1.807) is 12.4 Å². The lowest BCUT2D eigenvalue weighted by Gasteiger charge is -2.00. The van der Waals surface area contributed by atoms with Gasteiger partial charge in [-0.1, -0.05) is 30.3 Å². The quantitative estimate of drug-likeness (QED) is 0.583. The van der Waals surface area contributed by atoms with Crippen LogP contribution in [0.25, 0.3) is 11.3 Å². The van der Waals surface area contributed by atoms with Crippen LogP contribution in [-0.2, 0) is 0 Å². The molecule has 5 heteroatoms. The molecule has 1 aromatic carbocycles. The molecular weight excluding hydrogens is 280 g/mol. The van der Waals surface area contributed by atoms with Gasteiger partial charge in [0.05, 0.1) is 11.4 Å². The van der Waals surface area contributed by atoms with Gasteiger partial charge in [0.15, 0.2) is 0 Å². The molecule has 3 aromatic rings. The summed E-state index contributed by atoms with van der Waals surface area (Å²) in [6, 6.07) is 14.0. The van der Waals surface area contributed by atoms with E-state index in [1.165, 1.54) is 11.3 Å².